The summed E-state index contributed by atoms with van der Waals surface area (Å²) in [6.45, 7) is 6.06. The van der Waals surface area contributed by atoms with Crippen molar-refractivity contribution >= 4 is 11.6 Å². The van der Waals surface area contributed by atoms with Crippen molar-refractivity contribution < 1.29 is 9.59 Å². The van der Waals surface area contributed by atoms with E-state index in [1.54, 1.807) is 6.20 Å². The maximum absolute atomic E-state index is 12.2. The normalized spacial score (nSPS) is 25.8. The van der Waals surface area contributed by atoms with Gasteiger partial charge in [0.1, 0.15) is 0 Å². The van der Waals surface area contributed by atoms with Crippen LogP contribution in [0.15, 0.2) is 11.8 Å². The van der Waals surface area contributed by atoms with Gasteiger partial charge in [0.2, 0.25) is 0 Å². The molecule has 2 fully saturated rings. The molecule has 0 saturated heterocycles. The van der Waals surface area contributed by atoms with E-state index in [9.17, 15) is 9.59 Å². The molecule has 0 atom stereocenters. The second kappa shape index (κ2) is 6.11. The minimum absolute atomic E-state index is 0.0357. The molecule has 2 saturated carbocycles. The monoisotopic (exact) mass is 277 g/mol. The lowest BCUT2D eigenvalue weighted by Crippen LogP contribution is -2.35. The van der Waals surface area contributed by atoms with Gasteiger partial charge in [-0.1, -0.05) is 32.1 Å². The van der Waals surface area contributed by atoms with Crippen LogP contribution in [0.4, 0.5) is 0 Å². The highest BCUT2D eigenvalue weighted by Crippen LogP contribution is 2.37. The highest BCUT2D eigenvalue weighted by Gasteiger charge is 2.35. The summed E-state index contributed by atoms with van der Waals surface area (Å²) < 4.78 is 0. The van der Waals surface area contributed by atoms with Gasteiger partial charge in [0.15, 0.2) is 11.6 Å². The average Bonchev–Trinajstić information content (AvgIpc) is 2.37. The van der Waals surface area contributed by atoms with Gasteiger partial charge in [-0.3, -0.25) is 9.59 Å². The number of Topliss-reactive ketones (excluding diaryl/α,β-unsaturated/α-hetero) is 2. The quantitative estimate of drug-likeness (QED) is 0.621. The van der Waals surface area contributed by atoms with Crippen LogP contribution >= 0.6 is 0 Å². The van der Waals surface area contributed by atoms with Crippen molar-refractivity contribution in [2.75, 3.05) is 0 Å². The maximum Gasteiger partial charge on any atom is 0.168 e. The topological polar surface area (TPSA) is 46.2 Å². The maximum atomic E-state index is 12.2. The van der Waals surface area contributed by atoms with Gasteiger partial charge in [0.25, 0.3) is 0 Å². The number of carbonyl (C=O) groups is 2. The molecule has 1 N–H and O–H groups in total. The van der Waals surface area contributed by atoms with Crippen LogP contribution in [0.3, 0.4) is 0 Å². The Balaban J connectivity index is 2.01. The second-order valence-corrected chi connectivity index (χ2v) is 7.37. The molecule has 0 aliphatic heterocycles. The van der Waals surface area contributed by atoms with Crippen molar-refractivity contribution in [3.05, 3.63) is 11.8 Å². The first-order valence-electron chi connectivity index (χ1n) is 7.91. The third-order valence-electron chi connectivity index (χ3n) is 4.46. The molecule has 2 rings (SSSR count). The van der Waals surface area contributed by atoms with E-state index in [1.807, 2.05) is 20.8 Å². The Morgan fingerprint density at radius 1 is 0.950 bits per heavy atom. The van der Waals surface area contributed by atoms with Crippen LogP contribution < -0.4 is 5.32 Å². The van der Waals surface area contributed by atoms with Gasteiger partial charge in [0.05, 0.1) is 5.57 Å². The van der Waals surface area contributed by atoms with E-state index in [0.717, 1.165) is 0 Å². The van der Waals surface area contributed by atoms with Crippen LogP contribution in [0.25, 0.3) is 0 Å². The molecule has 0 amide bonds. The molecule has 0 aromatic rings. The zero-order valence-electron chi connectivity index (χ0n) is 13.0. The zero-order chi connectivity index (χ0) is 14.8. The van der Waals surface area contributed by atoms with Gasteiger partial charge in [0, 0.05) is 24.6 Å². The largest absolute Gasteiger partial charge is 0.386 e. The van der Waals surface area contributed by atoms with Gasteiger partial charge in [-0.2, -0.15) is 0 Å². The van der Waals surface area contributed by atoms with Gasteiger partial charge in [-0.25, -0.2) is 0 Å². The predicted molar refractivity (Wildman–Crippen MR) is 80.3 cm³/mol. The molecule has 2 aliphatic rings. The Morgan fingerprint density at radius 2 is 1.50 bits per heavy atom. The summed E-state index contributed by atoms with van der Waals surface area (Å²) in [6.07, 6.45) is 9.00. The Kier molecular flexibility index (Phi) is 4.66. The summed E-state index contributed by atoms with van der Waals surface area (Å²) in [4.78, 5) is 24.5. The van der Waals surface area contributed by atoms with Gasteiger partial charge >= 0.3 is 0 Å². The summed E-state index contributed by atoms with van der Waals surface area (Å²) in [7, 11) is 0. The van der Waals surface area contributed by atoms with E-state index in [2.05, 4.69) is 5.32 Å². The fraction of sp³-hybridized carbons (Fsp3) is 0.765. The van der Waals surface area contributed by atoms with Crippen LogP contribution in [-0.4, -0.2) is 17.1 Å². The Hall–Kier alpha value is -1.12. The van der Waals surface area contributed by atoms with Crippen LogP contribution in [0.1, 0.15) is 65.7 Å². The number of nitrogens with one attached hydrogen (secondary N) is 1. The van der Waals surface area contributed by atoms with E-state index in [4.69, 9.17) is 0 Å². The fourth-order valence-electron chi connectivity index (χ4n) is 3.31. The summed E-state index contributed by atoms with van der Waals surface area (Å²) in [5.74, 6) is 0.956. The van der Waals surface area contributed by atoms with Gasteiger partial charge < -0.3 is 5.32 Å². The molecule has 0 bridgehead atoms. The predicted octanol–water partition coefficient (Wildman–Crippen LogP) is 3.39. The number of hydrogen-bond donors (Lipinski definition) is 1. The van der Waals surface area contributed by atoms with Crippen LogP contribution in [-0.2, 0) is 9.59 Å². The lowest BCUT2D eigenvalue weighted by Gasteiger charge is -2.32. The summed E-state index contributed by atoms with van der Waals surface area (Å²) in [5, 5.41) is 3.14. The van der Waals surface area contributed by atoms with Crippen molar-refractivity contribution in [2.45, 2.75) is 71.3 Å². The molecule has 0 spiro atoms. The van der Waals surface area contributed by atoms with Crippen molar-refractivity contribution in [2.24, 2.45) is 11.8 Å². The summed E-state index contributed by atoms with van der Waals surface area (Å²) in [6, 6.07) is 0. The Morgan fingerprint density at radius 3 is 2.00 bits per heavy atom. The standard InChI is InChI=1S/C17H27NO2/c1-17(2,3)18-11-14-15(19)9-13(10-16(14)20)12-7-5-4-6-8-12/h11-13,18H,4-10H2,1-3H3. The van der Waals surface area contributed by atoms with E-state index >= 15 is 0 Å². The average molecular weight is 277 g/mol. The van der Waals surface area contributed by atoms with Crippen LogP contribution in [0, 0.1) is 11.8 Å². The highest BCUT2D eigenvalue weighted by atomic mass is 16.1. The molecule has 3 heteroatoms. The first-order valence-corrected chi connectivity index (χ1v) is 7.91. The smallest absolute Gasteiger partial charge is 0.168 e. The van der Waals surface area contributed by atoms with E-state index < -0.39 is 0 Å². The van der Waals surface area contributed by atoms with E-state index in [-0.39, 0.29) is 17.1 Å². The number of hydrogen-bond acceptors (Lipinski definition) is 3. The number of allylic oxidation sites excluding steroid dienone is 1. The molecule has 0 heterocycles. The lowest BCUT2D eigenvalue weighted by atomic mass is 9.71. The van der Waals surface area contributed by atoms with Gasteiger partial charge in [-0.05, 0) is 32.6 Å². The van der Waals surface area contributed by atoms with Crippen LogP contribution in [0.5, 0.6) is 0 Å². The molecule has 3 nitrogen and oxygen atoms in total. The highest BCUT2D eigenvalue weighted by molar-refractivity contribution is 6.21. The van der Waals surface area contributed by atoms with E-state index in [1.165, 1.54) is 32.1 Å². The third kappa shape index (κ3) is 3.94. The third-order valence-corrected chi connectivity index (χ3v) is 4.46. The zero-order valence-corrected chi connectivity index (χ0v) is 13.0. The van der Waals surface area contributed by atoms with Crippen molar-refractivity contribution in [3.63, 3.8) is 0 Å². The minimum Gasteiger partial charge on any atom is -0.386 e. The summed E-state index contributed by atoms with van der Waals surface area (Å²) in [5.41, 5.74) is 0.264. The number of rotatable bonds is 2. The molecule has 0 aromatic heterocycles. The summed E-state index contributed by atoms with van der Waals surface area (Å²) >= 11 is 0. The minimum atomic E-state index is -0.117. The van der Waals surface area contributed by atoms with Crippen molar-refractivity contribution in [1.29, 1.82) is 0 Å². The SMILES string of the molecule is CC(C)(C)NC=C1C(=O)CC(C2CCCCC2)CC1=O. The molecule has 0 aromatic carbocycles. The number of carbonyl (C=O) groups excluding carboxylic acids is 2. The molecule has 0 unspecified atom stereocenters. The van der Waals surface area contributed by atoms with Crippen LogP contribution in [0.2, 0.25) is 0 Å². The first-order chi connectivity index (χ1) is 9.37. The number of ketones is 2. The molecule has 112 valence electrons. The Bertz CT molecular complexity index is 391. The fourth-order valence-corrected chi connectivity index (χ4v) is 3.31. The molecule has 0 radical (unpaired) electrons. The molecular formula is C17H27NO2. The molecule has 2 aliphatic carbocycles. The second-order valence-electron chi connectivity index (χ2n) is 7.37. The molecular weight excluding hydrogens is 250 g/mol. The first kappa shape index (κ1) is 15.3. The Labute approximate surface area is 122 Å². The van der Waals surface area contributed by atoms with Gasteiger partial charge in [-0.15, -0.1) is 0 Å². The van der Waals surface area contributed by atoms with E-state index in [0.29, 0.717) is 30.3 Å². The van der Waals surface area contributed by atoms with Crippen molar-refractivity contribution in [1.82, 2.24) is 5.32 Å². The lowest BCUT2D eigenvalue weighted by molar-refractivity contribution is -0.126. The van der Waals surface area contributed by atoms with Crippen molar-refractivity contribution in [3.8, 4) is 0 Å². The molecule has 20 heavy (non-hydrogen) atoms.